The van der Waals surface area contributed by atoms with Gasteiger partial charge < -0.3 is 15.6 Å². The van der Waals surface area contributed by atoms with Crippen LogP contribution in [-0.4, -0.2) is 30.9 Å². The molecule has 0 saturated heterocycles. The maximum atomic E-state index is 10.4. The summed E-state index contributed by atoms with van der Waals surface area (Å²) >= 11 is 0. The Kier molecular flexibility index (Phi) is 5.32. The monoisotopic (exact) mass is 281 g/mol. The van der Waals surface area contributed by atoms with Crippen LogP contribution in [0.25, 0.3) is 0 Å². The summed E-state index contributed by atoms with van der Waals surface area (Å²) in [5, 5.41) is 9.63. The molecule has 0 aliphatic rings. The molecular formula is C15H27NO2Si. The van der Waals surface area contributed by atoms with Gasteiger partial charge in [0.1, 0.15) is 0 Å². The number of benzene rings is 1. The molecule has 19 heavy (non-hydrogen) atoms. The van der Waals surface area contributed by atoms with Gasteiger partial charge in [-0.1, -0.05) is 38.1 Å². The lowest BCUT2D eigenvalue weighted by Gasteiger charge is -2.35. The van der Waals surface area contributed by atoms with Crippen LogP contribution in [0.1, 0.15) is 25.0 Å². The van der Waals surface area contributed by atoms with Crippen LogP contribution in [0.5, 0.6) is 0 Å². The third-order valence-electron chi connectivity index (χ3n) is 4.13. The van der Waals surface area contributed by atoms with Gasteiger partial charge in [0.15, 0.2) is 8.32 Å². The van der Waals surface area contributed by atoms with Gasteiger partial charge in [0.2, 0.25) is 0 Å². The molecule has 108 valence electrons. The van der Waals surface area contributed by atoms with E-state index in [0.717, 1.165) is 12.0 Å². The SMILES string of the molecule is CC(C)(Cc1ccccc1CC(O)CN)[Si](C)(C)O. The zero-order chi connectivity index (χ0) is 14.7. The highest BCUT2D eigenvalue weighted by atomic mass is 28.4. The van der Waals surface area contributed by atoms with E-state index in [-0.39, 0.29) is 11.6 Å². The molecule has 0 radical (unpaired) electrons. The molecule has 4 N–H and O–H groups in total. The van der Waals surface area contributed by atoms with Gasteiger partial charge in [0, 0.05) is 6.54 Å². The second kappa shape index (κ2) is 6.18. The summed E-state index contributed by atoms with van der Waals surface area (Å²) in [5.41, 5.74) is 7.82. The molecule has 1 unspecified atom stereocenters. The summed E-state index contributed by atoms with van der Waals surface area (Å²) in [5.74, 6) is 0. The molecule has 4 heteroatoms. The lowest BCUT2D eigenvalue weighted by atomic mass is 9.94. The molecule has 1 rings (SSSR count). The topological polar surface area (TPSA) is 66.5 Å². The normalized spacial score (nSPS) is 14.5. The Balaban J connectivity index is 2.95. The first-order valence-corrected chi connectivity index (χ1v) is 9.79. The van der Waals surface area contributed by atoms with E-state index in [1.165, 1.54) is 5.56 Å². The van der Waals surface area contributed by atoms with Crippen molar-refractivity contribution in [1.29, 1.82) is 0 Å². The minimum Gasteiger partial charge on any atom is -0.432 e. The fourth-order valence-corrected chi connectivity index (χ4v) is 2.58. The number of nitrogens with two attached hydrogens (primary N) is 1. The maximum absolute atomic E-state index is 10.4. The zero-order valence-corrected chi connectivity index (χ0v) is 13.5. The van der Waals surface area contributed by atoms with Crippen LogP contribution < -0.4 is 5.73 Å². The molecular weight excluding hydrogens is 254 g/mol. The molecule has 1 aromatic rings. The van der Waals surface area contributed by atoms with Crippen LogP contribution in [0.3, 0.4) is 0 Å². The summed E-state index contributed by atoms with van der Waals surface area (Å²) in [7, 11) is -2.23. The van der Waals surface area contributed by atoms with E-state index in [1.54, 1.807) is 0 Å². The van der Waals surface area contributed by atoms with E-state index in [9.17, 15) is 9.90 Å². The van der Waals surface area contributed by atoms with Gasteiger partial charge in [0.25, 0.3) is 0 Å². The highest BCUT2D eigenvalue weighted by Crippen LogP contribution is 2.39. The van der Waals surface area contributed by atoms with Gasteiger partial charge in [0.05, 0.1) is 6.10 Å². The number of hydrogen-bond donors (Lipinski definition) is 3. The van der Waals surface area contributed by atoms with E-state index in [1.807, 2.05) is 31.3 Å². The van der Waals surface area contributed by atoms with Crippen LogP contribution in [0.15, 0.2) is 24.3 Å². The van der Waals surface area contributed by atoms with Crippen molar-refractivity contribution in [2.24, 2.45) is 5.73 Å². The first kappa shape index (κ1) is 16.4. The number of rotatable bonds is 6. The molecule has 0 bridgehead atoms. The van der Waals surface area contributed by atoms with Crippen molar-refractivity contribution in [3.05, 3.63) is 35.4 Å². The Morgan fingerprint density at radius 1 is 1.21 bits per heavy atom. The van der Waals surface area contributed by atoms with Crippen molar-refractivity contribution < 1.29 is 9.90 Å². The van der Waals surface area contributed by atoms with Crippen molar-refractivity contribution in [2.45, 2.75) is 50.9 Å². The van der Waals surface area contributed by atoms with Crippen LogP contribution in [-0.2, 0) is 12.8 Å². The van der Waals surface area contributed by atoms with E-state index in [0.29, 0.717) is 6.42 Å². The van der Waals surface area contributed by atoms with Crippen LogP contribution in [0, 0.1) is 0 Å². The Morgan fingerprint density at radius 3 is 2.21 bits per heavy atom. The zero-order valence-electron chi connectivity index (χ0n) is 12.5. The van der Waals surface area contributed by atoms with Gasteiger partial charge >= 0.3 is 0 Å². The first-order chi connectivity index (χ1) is 8.67. The molecule has 0 fully saturated rings. The van der Waals surface area contributed by atoms with Crippen molar-refractivity contribution in [3.63, 3.8) is 0 Å². The lowest BCUT2D eigenvalue weighted by Crippen LogP contribution is -2.40. The molecule has 0 aromatic heterocycles. The highest BCUT2D eigenvalue weighted by Gasteiger charge is 2.38. The number of aliphatic hydroxyl groups excluding tert-OH is 1. The van der Waals surface area contributed by atoms with Crippen LogP contribution in [0.2, 0.25) is 18.1 Å². The van der Waals surface area contributed by atoms with Crippen molar-refractivity contribution in [3.8, 4) is 0 Å². The Morgan fingerprint density at radius 2 is 1.74 bits per heavy atom. The fraction of sp³-hybridized carbons (Fsp3) is 0.600. The lowest BCUT2D eigenvalue weighted by molar-refractivity contribution is 0.183. The molecule has 0 amide bonds. The Hall–Kier alpha value is -0.683. The smallest absolute Gasteiger partial charge is 0.188 e. The van der Waals surface area contributed by atoms with Crippen molar-refractivity contribution in [1.82, 2.24) is 0 Å². The van der Waals surface area contributed by atoms with E-state index in [4.69, 9.17) is 5.73 Å². The van der Waals surface area contributed by atoms with Crippen LogP contribution >= 0.6 is 0 Å². The van der Waals surface area contributed by atoms with Gasteiger partial charge in [-0.3, -0.25) is 0 Å². The van der Waals surface area contributed by atoms with Gasteiger partial charge in [-0.05, 0) is 42.1 Å². The van der Waals surface area contributed by atoms with E-state index >= 15 is 0 Å². The summed E-state index contributed by atoms with van der Waals surface area (Å²) in [6.45, 7) is 8.47. The Labute approximate surface area is 117 Å². The van der Waals surface area contributed by atoms with Crippen molar-refractivity contribution >= 4 is 8.32 Å². The molecule has 0 saturated carbocycles. The maximum Gasteiger partial charge on any atom is 0.188 e. The third kappa shape index (κ3) is 4.42. The summed E-state index contributed by atoms with van der Waals surface area (Å²) in [6.07, 6.45) is 0.912. The number of aliphatic hydroxyl groups is 1. The van der Waals surface area contributed by atoms with Crippen LogP contribution in [0.4, 0.5) is 0 Å². The first-order valence-electron chi connectivity index (χ1n) is 6.84. The summed E-state index contributed by atoms with van der Waals surface area (Å²) < 4.78 is 0. The molecule has 0 aliphatic heterocycles. The highest BCUT2D eigenvalue weighted by molar-refractivity contribution is 6.72. The third-order valence-corrected chi connectivity index (χ3v) is 7.62. The van der Waals surface area contributed by atoms with Gasteiger partial charge in [-0.2, -0.15) is 0 Å². The quantitative estimate of drug-likeness (QED) is 0.699. The molecule has 3 nitrogen and oxygen atoms in total. The minimum absolute atomic E-state index is 0.100. The summed E-state index contributed by atoms with van der Waals surface area (Å²) in [6, 6.07) is 8.11. The minimum atomic E-state index is -2.23. The summed E-state index contributed by atoms with van der Waals surface area (Å²) in [4.78, 5) is 10.4. The van der Waals surface area contributed by atoms with Gasteiger partial charge in [-0.15, -0.1) is 0 Å². The average Bonchev–Trinajstić information content (AvgIpc) is 2.29. The van der Waals surface area contributed by atoms with Crippen molar-refractivity contribution in [2.75, 3.05) is 6.54 Å². The standard InChI is InChI=1S/C15H27NO2Si/c1-15(2,19(3,4)18)10-13-8-6-5-7-12(13)9-14(17)11-16/h5-8,14,17-18H,9-11,16H2,1-4H3. The predicted octanol–water partition coefficient (Wildman–Crippen LogP) is 2.07. The molecule has 0 spiro atoms. The van der Waals surface area contributed by atoms with E-state index in [2.05, 4.69) is 19.9 Å². The molecule has 0 heterocycles. The van der Waals surface area contributed by atoms with Gasteiger partial charge in [-0.25, -0.2) is 0 Å². The fourth-order valence-electron chi connectivity index (χ4n) is 1.96. The Bertz CT molecular complexity index is 413. The molecule has 1 aromatic carbocycles. The van der Waals surface area contributed by atoms with E-state index < -0.39 is 14.4 Å². The molecule has 0 aliphatic carbocycles. The predicted molar refractivity (Wildman–Crippen MR) is 82.7 cm³/mol. The second-order valence-electron chi connectivity index (χ2n) is 6.48. The molecule has 1 atom stereocenters. The average molecular weight is 281 g/mol. The second-order valence-corrected chi connectivity index (χ2v) is 11.0. The largest absolute Gasteiger partial charge is 0.432 e. The number of hydrogen-bond acceptors (Lipinski definition) is 3.